The van der Waals surface area contributed by atoms with Gasteiger partial charge in [-0.25, -0.2) is 4.98 Å². The second kappa shape index (κ2) is 5.33. The minimum absolute atomic E-state index is 0.193. The summed E-state index contributed by atoms with van der Waals surface area (Å²) in [6.45, 7) is -0.193. The number of aromatic nitrogens is 1. The molecule has 1 aromatic carbocycles. The summed E-state index contributed by atoms with van der Waals surface area (Å²) in [7, 11) is 0. The van der Waals surface area contributed by atoms with Crippen LogP contribution in [0.1, 0.15) is 5.56 Å². The fourth-order valence-electron chi connectivity index (χ4n) is 1.70. The normalized spacial score (nSPS) is 10.7. The Labute approximate surface area is 119 Å². The fourth-order valence-corrected chi connectivity index (χ4v) is 2.41. The topological polar surface area (TPSA) is 59.1 Å². The van der Waals surface area contributed by atoms with E-state index in [1.807, 2.05) is 0 Å². The molecule has 0 atom stereocenters. The number of nitrogens with zero attached hydrogens (tertiary/aromatic N) is 1. The maximum absolute atomic E-state index is 9.35. The second-order valence-corrected chi connectivity index (χ2v) is 4.80. The highest BCUT2D eigenvalue weighted by molar-refractivity contribution is 6.46. The van der Waals surface area contributed by atoms with Crippen LogP contribution < -0.4 is 5.73 Å². The van der Waals surface area contributed by atoms with Crippen molar-refractivity contribution in [3.63, 3.8) is 0 Å². The average molecular weight is 304 g/mol. The van der Waals surface area contributed by atoms with Crippen molar-refractivity contribution in [1.29, 1.82) is 0 Å². The van der Waals surface area contributed by atoms with E-state index in [4.69, 9.17) is 40.5 Å². The van der Waals surface area contributed by atoms with Crippen LogP contribution in [0.2, 0.25) is 15.1 Å². The van der Waals surface area contributed by atoms with Crippen LogP contribution in [0.3, 0.4) is 0 Å². The minimum atomic E-state index is -0.193. The summed E-state index contributed by atoms with van der Waals surface area (Å²) in [6, 6.07) is 4.87. The van der Waals surface area contributed by atoms with E-state index in [-0.39, 0.29) is 12.4 Å². The Balaban J connectivity index is 2.81. The molecule has 1 heterocycles. The van der Waals surface area contributed by atoms with Gasteiger partial charge in [0.05, 0.1) is 21.7 Å². The molecule has 0 spiro atoms. The van der Waals surface area contributed by atoms with Gasteiger partial charge in [0.1, 0.15) is 5.82 Å². The molecule has 0 radical (unpaired) electrons. The summed E-state index contributed by atoms with van der Waals surface area (Å²) in [5.74, 6) is 0.243. The van der Waals surface area contributed by atoms with E-state index in [0.29, 0.717) is 31.8 Å². The van der Waals surface area contributed by atoms with Crippen molar-refractivity contribution in [3.8, 4) is 11.1 Å². The largest absolute Gasteiger partial charge is 0.392 e. The van der Waals surface area contributed by atoms with Crippen LogP contribution in [0.25, 0.3) is 11.1 Å². The van der Waals surface area contributed by atoms with Gasteiger partial charge in [-0.05, 0) is 23.8 Å². The Bertz CT molecular complexity index is 602. The summed E-state index contributed by atoms with van der Waals surface area (Å²) in [4.78, 5) is 3.98. The molecule has 3 nitrogen and oxygen atoms in total. The monoisotopic (exact) mass is 302 g/mol. The Morgan fingerprint density at radius 1 is 1.06 bits per heavy atom. The molecule has 18 heavy (non-hydrogen) atoms. The van der Waals surface area contributed by atoms with Crippen LogP contribution >= 0.6 is 34.8 Å². The quantitative estimate of drug-likeness (QED) is 0.830. The molecule has 2 rings (SSSR count). The molecule has 0 aliphatic carbocycles. The zero-order valence-electron chi connectivity index (χ0n) is 9.12. The number of aliphatic hydroxyl groups is 1. The smallest absolute Gasteiger partial charge is 0.131 e. The standard InChI is InChI=1S/C12H9Cl3N2O/c13-7-1-2-8(14)11(15)10(7)9-6(5-18)3-4-17-12(9)16/h1-4,18H,5H2,(H2,16,17). The van der Waals surface area contributed by atoms with Crippen molar-refractivity contribution >= 4 is 40.6 Å². The van der Waals surface area contributed by atoms with Crippen molar-refractivity contribution in [3.05, 3.63) is 45.0 Å². The van der Waals surface area contributed by atoms with Crippen LogP contribution in [-0.4, -0.2) is 10.1 Å². The van der Waals surface area contributed by atoms with Crippen LogP contribution in [0, 0.1) is 0 Å². The number of rotatable bonds is 2. The predicted molar refractivity (Wildman–Crippen MR) is 75.0 cm³/mol. The summed E-state index contributed by atoms with van der Waals surface area (Å²) >= 11 is 18.3. The lowest BCUT2D eigenvalue weighted by molar-refractivity contribution is 0.282. The number of nitrogens with two attached hydrogens (primary N) is 1. The SMILES string of the molecule is Nc1nccc(CO)c1-c1c(Cl)ccc(Cl)c1Cl. The van der Waals surface area contributed by atoms with Crippen LogP contribution in [-0.2, 0) is 6.61 Å². The molecule has 94 valence electrons. The first kappa shape index (κ1) is 13.4. The van der Waals surface area contributed by atoms with Crippen LogP contribution in [0.15, 0.2) is 24.4 Å². The fraction of sp³-hybridized carbons (Fsp3) is 0.0833. The molecule has 0 amide bonds. The molecule has 0 aliphatic heterocycles. The molecule has 0 fully saturated rings. The maximum Gasteiger partial charge on any atom is 0.131 e. The molecule has 1 aromatic heterocycles. The highest BCUT2D eigenvalue weighted by atomic mass is 35.5. The van der Waals surface area contributed by atoms with Crippen LogP contribution in [0.4, 0.5) is 5.82 Å². The Morgan fingerprint density at radius 2 is 1.72 bits per heavy atom. The molecule has 6 heteroatoms. The van der Waals surface area contributed by atoms with Gasteiger partial charge < -0.3 is 10.8 Å². The summed E-state index contributed by atoms with van der Waals surface area (Å²) in [6.07, 6.45) is 1.51. The summed E-state index contributed by atoms with van der Waals surface area (Å²) < 4.78 is 0. The zero-order valence-corrected chi connectivity index (χ0v) is 11.4. The van der Waals surface area contributed by atoms with E-state index in [1.54, 1.807) is 18.2 Å². The maximum atomic E-state index is 9.35. The van der Waals surface area contributed by atoms with Crippen molar-refractivity contribution in [2.24, 2.45) is 0 Å². The van der Waals surface area contributed by atoms with Gasteiger partial charge in [0, 0.05) is 17.3 Å². The Morgan fingerprint density at radius 3 is 2.39 bits per heavy atom. The highest BCUT2D eigenvalue weighted by Crippen LogP contribution is 2.42. The molecule has 0 saturated carbocycles. The van der Waals surface area contributed by atoms with E-state index >= 15 is 0 Å². The van der Waals surface area contributed by atoms with Gasteiger partial charge in [-0.3, -0.25) is 0 Å². The highest BCUT2D eigenvalue weighted by Gasteiger charge is 2.18. The first-order valence-corrected chi connectivity index (χ1v) is 6.17. The molecule has 0 unspecified atom stereocenters. The molecule has 0 aliphatic rings. The molecule has 2 aromatic rings. The second-order valence-electron chi connectivity index (χ2n) is 3.61. The van der Waals surface area contributed by atoms with E-state index in [9.17, 15) is 5.11 Å². The molecule has 0 bridgehead atoms. The minimum Gasteiger partial charge on any atom is -0.392 e. The van der Waals surface area contributed by atoms with Crippen molar-refractivity contribution in [1.82, 2.24) is 4.98 Å². The lowest BCUT2D eigenvalue weighted by Crippen LogP contribution is -2.00. The number of halogens is 3. The Hall–Kier alpha value is -1.000. The van der Waals surface area contributed by atoms with E-state index in [2.05, 4.69) is 4.98 Å². The lowest BCUT2D eigenvalue weighted by Gasteiger charge is -2.14. The van der Waals surface area contributed by atoms with Gasteiger partial charge in [-0.1, -0.05) is 34.8 Å². The molecule has 0 saturated heterocycles. The third kappa shape index (κ3) is 2.27. The van der Waals surface area contributed by atoms with E-state index in [0.717, 1.165) is 0 Å². The number of aliphatic hydroxyl groups excluding tert-OH is 1. The third-order valence-corrected chi connectivity index (χ3v) is 3.65. The number of pyridine rings is 1. The summed E-state index contributed by atoms with van der Waals surface area (Å²) in [5, 5.41) is 10.4. The van der Waals surface area contributed by atoms with Gasteiger partial charge in [0.2, 0.25) is 0 Å². The zero-order chi connectivity index (χ0) is 13.3. The van der Waals surface area contributed by atoms with E-state index < -0.39 is 0 Å². The summed E-state index contributed by atoms with van der Waals surface area (Å²) in [5.41, 5.74) is 7.42. The molecular formula is C12H9Cl3N2O. The molecule has 3 N–H and O–H groups in total. The number of benzene rings is 1. The van der Waals surface area contributed by atoms with Crippen molar-refractivity contribution in [2.75, 3.05) is 5.73 Å². The Kier molecular flexibility index (Phi) is 3.97. The third-order valence-electron chi connectivity index (χ3n) is 2.53. The number of anilines is 1. The predicted octanol–water partition coefficient (Wildman–Crippen LogP) is 3.78. The first-order valence-electron chi connectivity index (χ1n) is 5.04. The van der Waals surface area contributed by atoms with Gasteiger partial charge in [-0.15, -0.1) is 0 Å². The number of hydrogen-bond acceptors (Lipinski definition) is 3. The van der Waals surface area contributed by atoms with Gasteiger partial charge in [0.25, 0.3) is 0 Å². The number of nitrogen functional groups attached to an aromatic ring is 1. The van der Waals surface area contributed by atoms with Gasteiger partial charge >= 0.3 is 0 Å². The average Bonchev–Trinajstić information content (AvgIpc) is 2.36. The van der Waals surface area contributed by atoms with Crippen LogP contribution in [0.5, 0.6) is 0 Å². The van der Waals surface area contributed by atoms with Crippen molar-refractivity contribution < 1.29 is 5.11 Å². The van der Waals surface area contributed by atoms with Gasteiger partial charge in [-0.2, -0.15) is 0 Å². The first-order chi connectivity index (χ1) is 8.56. The number of hydrogen-bond donors (Lipinski definition) is 2. The lowest BCUT2D eigenvalue weighted by atomic mass is 10.0. The molecular weight excluding hydrogens is 295 g/mol. The van der Waals surface area contributed by atoms with E-state index in [1.165, 1.54) is 6.20 Å². The van der Waals surface area contributed by atoms with Crippen molar-refractivity contribution in [2.45, 2.75) is 6.61 Å². The van der Waals surface area contributed by atoms with Gasteiger partial charge in [0.15, 0.2) is 0 Å².